The Morgan fingerprint density at radius 3 is 2.69 bits per heavy atom. The Hall–Kier alpha value is -3.62. The van der Waals surface area contributed by atoms with E-state index in [0.29, 0.717) is 46.8 Å². The minimum absolute atomic E-state index is 0.301. The molecule has 9 heteroatoms. The summed E-state index contributed by atoms with van der Waals surface area (Å²) in [5.74, 6) is 1.54. The molecule has 9 nitrogen and oxygen atoms in total. The quantitative estimate of drug-likeness (QED) is 0.572. The zero-order chi connectivity index (χ0) is 18.5. The van der Waals surface area contributed by atoms with Crippen molar-refractivity contribution in [3.8, 4) is 0 Å². The van der Waals surface area contributed by atoms with Crippen molar-refractivity contribution in [3.05, 3.63) is 48.0 Å². The molecule has 0 aliphatic heterocycles. The Balaban J connectivity index is 1.81. The number of carbonyl (C=O) groups excluding carboxylic acids is 1. The number of hydrogen-bond donors (Lipinski definition) is 3. The minimum Gasteiger partial charge on any atom is -0.462 e. The molecule has 0 bridgehead atoms. The monoisotopic (exact) mass is 354 g/mol. The Bertz CT molecular complexity index is 924. The van der Waals surface area contributed by atoms with E-state index in [-0.39, 0.29) is 0 Å². The molecule has 0 spiro atoms. The van der Waals surface area contributed by atoms with E-state index in [0.717, 1.165) is 0 Å². The second kappa shape index (κ2) is 7.51. The largest absolute Gasteiger partial charge is 0.462 e. The van der Waals surface area contributed by atoms with E-state index in [1.165, 1.54) is 6.33 Å². The summed E-state index contributed by atoms with van der Waals surface area (Å²) in [6, 6.07) is 8.58. The number of nitrogens with one attached hydrogen (secondary N) is 2. The van der Waals surface area contributed by atoms with Gasteiger partial charge in [-0.05, 0) is 32.0 Å². The summed E-state index contributed by atoms with van der Waals surface area (Å²) in [4.78, 5) is 20.1. The van der Waals surface area contributed by atoms with Gasteiger partial charge in [0, 0.05) is 11.8 Å². The van der Waals surface area contributed by atoms with Gasteiger partial charge in [0.2, 0.25) is 0 Å². The number of rotatable bonds is 6. The molecule has 0 saturated heterocycles. The van der Waals surface area contributed by atoms with Gasteiger partial charge in [-0.3, -0.25) is 0 Å². The molecule has 0 fully saturated rings. The van der Waals surface area contributed by atoms with Crippen LogP contribution in [0.1, 0.15) is 23.0 Å². The summed E-state index contributed by atoms with van der Waals surface area (Å²) in [5.41, 5.74) is 7.51. The van der Waals surface area contributed by atoms with Gasteiger partial charge in [0.1, 0.15) is 17.8 Å². The lowest BCUT2D eigenvalue weighted by Crippen LogP contribution is -2.07. The summed E-state index contributed by atoms with van der Waals surface area (Å²) in [6.45, 7) is 3.85. The maximum absolute atomic E-state index is 11.8. The summed E-state index contributed by atoms with van der Waals surface area (Å²) in [6.07, 6.45) is 1.36. The number of aryl methyl sites for hydroxylation is 1. The van der Waals surface area contributed by atoms with Crippen LogP contribution in [0, 0.1) is 6.92 Å². The van der Waals surface area contributed by atoms with Gasteiger partial charge < -0.3 is 25.6 Å². The molecular weight excluding hydrogens is 336 g/mol. The molecule has 0 amide bonds. The van der Waals surface area contributed by atoms with Crippen LogP contribution in [-0.4, -0.2) is 27.7 Å². The fraction of sp³-hybridized carbons (Fsp3) is 0.176. The molecule has 0 aliphatic rings. The van der Waals surface area contributed by atoms with E-state index in [2.05, 4.69) is 25.8 Å². The lowest BCUT2D eigenvalue weighted by molar-refractivity contribution is 0.0526. The number of anilines is 5. The van der Waals surface area contributed by atoms with Crippen molar-refractivity contribution in [2.45, 2.75) is 13.8 Å². The van der Waals surface area contributed by atoms with E-state index in [1.54, 1.807) is 44.2 Å². The van der Waals surface area contributed by atoms with Crippen LogP contribution in [0.25, 0.3) is 0 Å². The summed E-state index contributed by atoms with van der Waals surface area (Å²) < 4.78 is 10.0. The van der Waals surface area contributed by atoms with Gasteiger partial charge >= 0.3 is 5.97 Å². The fourth-order valence-corrected chi connectivity index (χ4v) is 2.22. The summed E-state index contributed by atoms with van der Waals surface area (Å²) in [7, 11) is 0. The highest BCUT2D eigenvalue weighted by Gasteiger charge is 2.12. The van der Waals surface area contributed by atoms with Crippen molar-refractivity contribution in [1.82, 2.24) is 15.1 Å². The fourth-order valence-electron chi connectivity index (χ4n) is 2.22. The second-order valence-corrected chi connectivity index (χ2v) is 5.36. The van der Waals surface area contributed by atoms with Crippen LogP contribution in [0.4, 0.5) is 28.8 Å². The molecule has 0 radical (unpaired) electrons. The average Bonchev–Trinajstić information content (AvgIpc) is 3.04. The van der Waals surface area contributed by atoms with E-state index in [4.69, 9.17) is 15.0 Å². The van der Waals surface area contributed by atoms with Gasteiger partial charge in [0.15, 0.2) is 17.5 Å². The highest BCUT2D eigenvalue weighted by Crippen LogP contribution is 2.28. The number of nitrogen functional groups attached to an aromatic ring is 1. The van der Waals surface area contributed by atoms with Crippen LogP contribution in [0.5, 0.6) is 0 Å². The lowest BCUT2D eigenvalue weighted by atomic mass is 10.2. The Labute approximate surface area is 149 Å². The van der Waals surface area contributed by atoms with E-state index < -0.39 is 5.97 Å². The Morgan fingerprint density at radius 1 is 1.23 bits per heavy atom. The van der Waals surface area contributed by atoms with Crippen molar-refractivity contribution in [2.24, 2.45) is 0 Å². The number of esters is 1. The van der Waals surface area contributed by atoms with Gasteiger partial charge in [0.05, 0.1) is 12.2 Å². The Kier molecular flexibility index (Phi) is 4.97. The topological polar surface area (TPSA) is 128 Å². The third kappa shape index (κ3) is 3.89. The van der Waals surface area contributed by atoms with Crippen molar-refractivity contribution in [1.29, 1.82) is 0 Å². The molecule has 1 aromatic carbocycles. The van der Waals surface area contributed by atoms with E-state index in [9.17, 15) is 4.79 Å². The SMILES string of the molecule is CCOC(=O)c1cccc(Nc2ncnc(Nc3cc(C)on3)c2N)c1. The maximum Gasteiger partial charge on any atom is 0.338 e. The lowest BCUT2D eigenvalue weighted by Gasteiger charge is -2.12. The van der Waals surface area contributed by atoms with Crippen LogP contribution < -0.4 is 16.4 Å². The van der Waals surface area contributed by atoms with Crippen molar-refractivity contribution >= 4 is 34.8 Å². The van der Waals surface area contributed by atoms with Gasteiger partial charge in [0.25, 0.3) is 0 Å². The first-order valence-electron chi connectivity index (χ1n) is 7.92. The average molecular weight is 354 g/mol. The molecular formula is C17H18N6O3. The zero-order valence-corrected chi connectivity index (χ0v) is 14.3. The predicted molar refractivity (Wildman–Crippen MR) is 96.6 cm³/mol. The van der Waals surface area contributed by atoms with E-state index in [1.807, 2.05) is 0 Å². The number of aromatic nitrogens is 3. The predicted octanol–water partition coefficient (Wildman–Crippen LogP) is 3.02. The number of carbonyl (C=O) groups is 1. The molecule has 134 valence electrons. The highest BCUT2D eigenvalue weighted by molar-refractivity contribution is 5.91. The van der Waals surface area contributed by atoms with Crippen molar-refractivity contribution in [2.75, 3.05) is 23.0 Å². The molecule has 0 unspecified atom stereocenters. The normalized spacial score (nSPS) is 10.4. The van der Waals surface area contributed by atoms with Crippen LogP contribution in [-0.2, 0) is 4.74 Å². The third-order valence-electron chi connectivity index (χ3n) is 3.39. The summed E-state index contributed by atoms with van der Waals surface area (Å²) >= 11 is 0. The first kappa shape index (κ1) is 17.2. The molecule has 4 N–H and O–H groups in total. The number of ether oxygens (including phenoxy) is 1. The maximum atomic E-state index is 11.8. The van der Waals surface area contributed by atoms with E-state index >= 15 is 0 Å². The van der Waals surface area contributed by atoms with Gasteiger partial charge in [-0.15, -0.1) is 0 Å². The molecule has 0 aliphatic carbocycles. The van der Waals surface area contributed by atoms with Crippen LogP contribution in [0.2, 0.25) is 0 Å². The zero-order valence-electron chi connectivity index (χ0n) is 14.3. The molecule has 26 heavy (non-hydrogen) atoms. The molecule has 2 aromatic heterocycles. The highest BCUT2D eigenvalue weighted by atomic mass is 16.5. The Morgan fingerprint density at radius 2 is 2.00 bits per heavy atom. The van der Waals surface area contributed by atoms with Gasteiger partial charge in [-0.25, -0.2) is 14.8 Å². The first-order valence-corrected chi connectivity index (χ1v) is 7.92. The second-order valence-electron chi connectivity index (χ2n) is 5.36. The van der Waals surface area contributed by atoms with Crippen LogP contribution in [0.15, 0.2) is 41.2 Å². The van der Waals surface area contributed by atoms with Crippen LogP contribution in [0.3, 0.4) is 0 Å². The first-order chi connectivity index (χ1) is 12.6. The molecule has 2 heterocycles. The van der Waals surface area contributed by atoms with Gasteiger partial charge in [-0.2, -0.15) is 0 Å². The third-order valence-corrected chi connectivity index (χ3v) is 3.39. The molecule has 0 atom stereocenters. The molecule has 3 rings (SSSR count). The number of nitrogens with zero attached hydrogens (tertiary/aromatic N) is 3. The minimum atomic E-state index is -0.393. The van der Waals surface area contributed by atoms with Crippen molar-refractivity contribution < 1.29 is 14.1 Å². The van der Waals surface area contributed by atoms with Crippen LogP contribution >= 0.6 is 0 Å². The number of nitrogens with two attached hydrogens (primary N) is 1. The molecule has 3 aromatic rings. The standard InChI is InChI=1S/C17H18N6O3/c1-3-25-17(24)11-5-4-6-12(8-11)21-15-14(18)16(20-9-19-15)22-13-7-10(2)26-23-13/h4-9H,3,18H2,1-2H3,(H2,19,20,21,22,23). The smallest absolute Gasteiger partial charge is 0.338 e. The summed E-state index contributed by atoms with van der Waals surface area (Å²) in [5, 5.41) is 9.88. The van der Waals surface area contributed by atoms with Gasteiger partial charge in [-0.1, -0.05) is 11.2 Å². The molecule has 0 saturated carbocycles. The number of benzene rings is 1. The number of hydrogen-bond acceptors (Lipinski definition) is 9. The van der Waals surface area contributed by atoms with Crippen molar-refractivity contribution in [3.63, 3.8) is 0 Å².